The number of hydrogen-bond acceptors (Lipinski definition) is 4. The SMILES string of the molecule is Cc1csc(C(=O)O)c1NC(=O)CC1CCCCO1. The zero-order valence-corrected chi connectivity index (χ0v) is 11.6. The lowest BCUT2D eigenvalue weighted by Crippen LogP contribution is -2.26. The van der Waals surface area contributed by atoms with Crippen LogP contribution in [-0.4, -0.2) is 29.7 Å². The number of rotatable bonds is 4. The summed E-state index contributed by atoms with van der Waals surface area (Å²) in [6.07, 6.45) is 3.26. The fourth-order valence-corrected chi connectivity index (χ4v) is 2.97. The van der Waals surface area contributed by atoms with E-state index in [1.165, 1.54) is 0 Å². The highest BCUT2D eigenvalue weighted by Gasteiger charge is 2.21. The van der Waals surface area contributed by atoms with E-state index >= 15 is 0 Å². The number of ether oxygens (including phenoxy) is 1. The van der Waals surface area contributed by atoms with Gasteiger partial charge < -0.3 is 15.2 Å². The first-order valence-corrected chi connectivity index (χ1v) is 7.18. The molecule has 0 aromatic carbocycles. The molecule has 1 fully saturated rings. The third-order valence-corrected chi connectivity index (χ3v) is 4.21. The Kier molecular flexibility index (Phi) is 4.55. The van der Waals surface area contributed by atoms with Crippen LogP contribution in [0.5, 0.6) is 0 Å². The van der Waals surface area contributed by atoms with Gasteiger partial charge in [-0.15, -0.1) is 11.3 Å². The van der Waals surface area contributed by atoms with Crippen LogP contribution < -0.4 is 5.32 Å². The Morgan fingerprint density at radius 2 is 2.32 bits per heavy atom. The van der Waals surface area contributed by atoms with Gasteiger partial charge in [0.15, 0.2) is 0 Å². The highest BCUT2D eigenvalue weighted by Crippen LogP contribution is 2.28. The Labute approximate surface area is 115 Å². The number of nitrogens with one attached hydrogen (secondary N) is 1. The number of carboxylic acid groups (broad SMARTS) is 1. The second-order valence-electron chi connectivity index (χ2n) is 4.67. The fourth-order valence-electron chi connectivity index (χ4n) is 2.12. The number of aromatic carboxylic acids is 1. The van der Waals surface area contributed by atoms with E-state index in [0.29, 0.717) is 12.3 Å². The van der Waals surface area contributed by atoms with Gasteiger partial charge in [-0.1, -0.05) is 0 Å². The van der Waals surface area contributed by atoms with Gasteiger partial charge in [0.1, 0.15) is 4.88 Å². The van der Waals surface area contributed by atoms with Crippen LogP contribution in [0.1, 0.15) is 40.9 Å². The Hall–Kier alpha value is -1.40. The average molecular weight is 283 g/mol. The molecule has 0 saturated carbocycles. The van der Waals surface area contributed by atoms with Gasteiger partial charge in [-0.2, -0.15) is 0 Å². The molecule has 1 amide bonds. The van der Waals surface area contributed by atoms with Crippen molar-refractivity contribution in [3.8, 4) is 0 Å². The fraction of sp³-hybridized carbons (Fsp3) is 0.538. The van der Waals surface area contributed by atoms with Crippen molar-refractivity contribution in [2.75, 3.05) is 11.9 Å². The first-order valence-electron chi connectivity index (χ1n) is 6.30. The molecule has 1 aromatic rings. The molecule has 6 heteroatoms. The van der Waals surface area contributed by atoms with E-state index in [9.17, 15) is 9.59 Å². The molecular weight excluding hydrogens is 266 g/mol. The summed E-state index contributed by atoms with van der Waals surface area (Å²) in [5.41, 5.74) is 1.19. The molecule has 2 N–H and O–H groups in total. The molecule has 0 radical (unpaired) electrons. The highest BCUT2D eigenvalue weighted by atomic mass is 32.1. The standard InChI is InChI=1S/C13H17NO4S/c1-8-7-19-12(13(16)17)11(8)14-10(15)6-9-4-2-3-5-18-9/h7,9H,2-6H2,1H3,(H,14,15)(H,16,17). The van der Waals surface area contributed by atoms with Crippen molar-refractivity contribution in [3.63, 3.8) is 0 Å². The van der Waals surface area contributed by atoms with Gasteiger partial charge in [0.2, 0.25) is 5.91 Å². The monoisotopic (exact) mass is 283 g/mol. The number of anilines is 1. The summed E-state index contributed by atoms with van der Waals surface area (Å²) in [6.45, 7) is 2.49. The zero-order chi connectivity index (χ0) is 13.8. The van der Waals surface area contributed by atoms with Crippen molar-refractivity contribution in [2.24, 2.45) is 0 Å². The van der Waals surface area contributed by atoms with Gasteiger partial charge in [0.25, 0.3) is 0 Å². The molecule has 1 unspecified atom stereocenters. The Balaban J connectivity index is 1.98. The quantitative estimate of drug-likeness (QED) is 0.890. The number of thiophene rings is 1. The summed E-state index contributed by atoms with van der Waals surface area (Å²) in [5.74, 6) is -1.20. The average Bonchev–Trinajstić information content (AvgIpc) is 2.72. The van der Waals surface area contributed by atoms with Crippen molar-refractivity contribution in [3.05, 3.63) is 15.8 Å². The van der Waals surface area contributed by atoms with Crippen molar-refractivity contribution >= 4 is 28.9 Å². The topological polar surface area (TPSA) is 75.6 Å². The summed E-state index contributed by atoms with van der Waals surface area (Å²) in [5, 5.41) is 13.5. The number of hydrogen-bond donors (Lipinski definition) is 2. The maximum Gasteiger partial charge on any atom is 0.348 e. The van der Waals surface area contributed by atoms with Gasteiger partial charge in [-0.25, -0.2) is 4.79 Å². The lowest BCUT2D eigenvalue weighted by atomic mass is 10.1. The summed E-state index contributed by atoms with van der Waals surface area (Å²) < 4.78 is 5.50. The van der Waals surface area contributed by atoms with Crippen molar-refractivity contribution in [1.82, 2.24) is 0 Å². The van der Waals surface area contributed by atoms with Gasteiger partial charge in [0, 0.05) is 6.61 Å². The minimum absolute atomic E-state index is 0.0408. The largest absolute Gasteiger partial charge is 0.477 e. The van der Waals surface area contributed by atoms with Crippen LogP contribution in [0, 0.1) is 6.92 Å². The summed E-state index contributed by atoms with van der Waals surface area (Å²) >= 11 is 1.13. The molecule has 1 saturated heterocycles. The summed E-state index contributed by atoms with van der Waals surface area (Å²) in [7, 11) is 0. The van der Waals surface area contributed by atoms with Crippen LogP contribution in [-0.2, 0) is 9.53 Å². The van der Waals surface area contributed by atoms with Gasteiger partial charge in [-0.3, -0.25) is 4.79 Å². The van der Waals surface area contributed by atoms with Crippen LogP contribution in [0.2, 0.25) is 0 Å². The number of carboxylic acids is 1. The lowest BCUT2D eigenvalue weighted by molar-refractivity contribution is -0.119. The number of aryl methyl sites for hydroxylation is 1. The molecule has 0 aliphatic carbocycles. The normalized spacial score (nSPS) is 19.1. The molecule has 2 heterocycles. The maximum atomic E-state index is 11.9. The third kappa shape index (κ3) is 3.54. The Morgan fingerprint density at radius 1 is 1.53 bits per heavy atom. The second kappa shape index (κ2) is 6.16. The van der Waals surface area contributed by atoms with E-state index in [2.05, 4.69) is 5.32 Å². The second-order valence-corrected chi connectivity index (χ2v) is 5.55. The molecule has 1 atom stereocenters. The predicted octanol–water partition coefficient (Wildman–Crippen LogP) is 2.65. The first-order chi connectivity index (χ1) is 9.08. The predicted molar refractivity (Wildman–Crippen MR) is 72.9 cm³/mol. The van der Waals surface area contributed by atoms with E-state index in [-0.39, 0.29) is 23.3 Å². The molecule has 0 spiro atoms. The molecule has 1 aromatic heterocycles. The van der Waals surface area contributed by atoms with Gasteiger partial charge in [-0.05, 0) is 37.1 Å². The van der Waals surface area contributed by atoms with Crippen LogP contribution in [0.25, 0.3) is 0 Å². The van der Waals surface area contributed by atoms with Gasteiger partial charge >= 0.3 is 5.97 Å². The maximum absolute atomic E-state index is 11.9. The molecule has 2 rings (SSSR count). The summed E-state index contributed by atoms with van der Waals surface area (Å²) in [4.78, 5) is 23.1. The van der Waals surface area contributed by atoms with Crippen LogP contribution in [0.15, 0.2) is 5.38 Å². The third-order valence-electron chi connectivity index (χ3n) is 3.12. The molecule has 19 heavy (non-hydrogen) atoms. The minimum atomic E-state index is -1.01. The van der Waals surface area contributed by atoms with Crippen molar-refractivity contribution in [1.29, 1.82) is 0 Å². The molecule has 104 valence electrons. The van der Waals surface area contributed by atoms with Crippen LogP contribution >= 0.6 is 11.3 Å². The number of carbonyl (C=O) groups is 2. The lowest BCUT2D eigenvalue weighted by Gasteiger charge is -2.22. The van der Waals surface area contributed by atoms with Crippen molar-refractivity contribution < 1.29 is 19.4 Å². The zero-order valence-electron chi connectivity index (χ0n) is 10.8. The molecule has 1 aliphatic heterocycles. The Morgan fingerprint density at radius 3 is 2.95 bits per heavy atom. The van der Waals surface area contributed by atoms with E-state index in [4.69, 9.17) is 9.84 Å². The van der Waals surface area contributed by atoms with E-state index < -0.39 is 5.97 Å². The van der Waals surface area contributed by atoms with E-state index in [1.807, 2.05) is 0 Å². The van der Waals surface area contributed by atoms with E-state index in [0.717, 1.165) is 36.2 Å². The molecule has 5 nitrogen and oxygen atoms in total. The van der Waals surface area contributed by atoms with Crippen LogP contribution in [0.4, 0.5) is 5.69 Å². The highest BCUT2D eigenvalue weighted by molar-refractivity contribution is 7.12. The number of carbonyl (C=O) groups excluding carboxylic acids is 1. The van der Waals surface area contributed by atoms with Crippen LogP contribution in [0.3, 0.4) is 0 Å². The molecule has 1 aliphatic rings. The van der Waals surface area contributed by atoms with Gasteiger partial charge in [0.05, 0.1) is 18.2 Å². The molecular formula is C13H17NO4S. The summed E-state index contributed by atoms with van der Waals surface area (Å²) in [6, 6.07) is 0. The minimum Gasteiger partial charge on any atom is -0.477 e. The van der Waals surface area contributed by atoms with E-state index in [1.54, 1.807) is 12.3 Å². The number of amides is 1. The van der Waals surface area contributed by atoms with Crippen molar-refractivity contribution in [2.45, 2.75) is 38.7 Å². The smallest absolute Gasteiger partial charge is 0.348 e. The molecule has 0 bridgehead atoms. The first kappa shape index (κ1) is 14.0. The Bertz CT molecular complexity index is 477.